The SMILES string of the molecule is Cc1cccc([C@@H]2CC(=O)Nc3c(S(=O)(=O)c4cccc(C)c4)csc32)c1. The number of amides is 1. The highest BCUT2D eigenvalue weighted by Gasteiger charge is 2.34. The summed E-state index contributed by atoms with van der Waals surface area (Å²) < 4.78 is 26.4. The lowest BCUT2D eigenvalue weighted by Gasteiger charge is -2.24. The van der Waals surface area contributed by atoms with Crippen LogP contribution < -0.4 is 5.32 Å². The molecule has 2 heterocycles. The van der Waals surface area contributed by atoms with Crippen LogP contribution in [-0.2, 0) is 14.6 Å². The van der Waals surface area contributed by atoms with Crippen molar-refractivity contribution in [3.63, 3.8) is 0 Å². The molecule has 0 radical (unpaired) electrons. The zero-order valence-corrected chi connectivity index (χ0v) is 16.7. The summed E-state index contributed by atoms with van der Waals surface area (Å²) in [6, 6.07) is 14.9. The van der Waals surface area contributed by atoms with E-state index in [-0.39, 0.29) is 21.6 Å². The van der Waals surface area contributed by atoms with E-state index in [4.69, 9.17) is 0 Å². The molecule has 27 heavy (non-hydrogen) atoms. The number of aryl methyl sites for hydroxylation is 2. The smallest absolute Gasteiger partial charge is 0.225 e. The molecule has 4 rings (SSSR count). The summed E-state index contributed by atoms with van der Waals surface area (Å²) >= 11 is 1.39. The molecule has 0 saturated carbocycles. The van der Waals surface area contributed by atoms with Crippen molar-refractivity contribution in [1.82, 2.24) is 0 Å². The first-order valence-electron chi connectivity index (χ1n) is 8.66. The molecule has 3 aromatic rings. The van der Waals surface area contributed by atoms with Crippen molar-refractivity contribution < 1.29 is 13.2 Å². The van der Waals surface area contributed by atoms with Crippen LogP contribution in [0, 0.1) is 13.8 Å². The van der Waals surface area contributed by atoms with Gasteiger partial charge in [0.25, 0.3) is 0 Å². The van der Waals surface area contributed by atoms with Gasteiger partial charge in [-0.1, -0.05) is 42.0 Å². The maximum absolute atomic E-state index is 13.2. The molecule has 1 amide bonds. The summed E-state index contributed by atoms with van der Waals surface area (Å²) in [6.07, 6.45) is 0.320. The molecule has 1 aromatic heterocycles. The predicted molar refractivity (Wildman–Crippen MR) is 107 cm³/mol. The second-order valence-electron chi connectivity index (χ2n) is 6.88. The maximum Gasteiger partial charge on any atom is 0.225 e. The molecule has 1 N–H and O–H groups in total. The van der Waals surface area contributed by atoms with Gasteiger partial charge in [-0.15, -0.1) is 11.3 Å². The monoisotopic (exact) mass is 397 g/mol. The second-order valence-corrected chi connectivity index (χ2v) is 9.71. The van der Waals surface area contributed by atoms with Crippen LogP contribution in [0.25, 0.3) is 0 Å². The van der Waals surface area contributed by atoms with E-state index in [1.807, 2.05) is 38.1 Å². The lowest BCUT2D eigenvalue weighted by Crippen LogP contribution is -2.23. The molecule has 1 aliphatic heterocycles. The van der Waals surface area contributed by atoms with Gasteiger partial charge in [0, 0.05) is 22.6 Å². The van der Waals surface area contributed by atoms with Crippen molar-refractivity contribution >= 4 is 32.8 Å². The molecule has 1 atom stereocenters. The number of fused-ring (bicyclic) bond motifs is 1. The predicted octanol–water partition coefficient (Wildman–Crippen LogP) is 4.67. The Balaban J connectivity index is 1.85. The fraction of sp³-hybridized carbons (Fsp3) is 0.190. The lowest BCUT2D eigenvalue weighted by atomic mass is 9.90. The van der Waals surface area contributed by atoms with Crippen molar-refractivity contribution in [2.24, 2.45) is 0 Å². The molecular weight excluding hydrogens is 378 g/mol. The summed E-state index contributed by atoms with van der Waals surface area (Å²) in [6.45, 7) is 3.87. The minimum atomic E-state index is -3.70. The second kappa shape index (κ2) is 6.62. The largest absolute Gasteiger partial charge is 0.324 e. The molecule has 2 aromatic carbocycles. The first-order valence-corrected chi connectivity index (χ1v) is 11.0. The van der Waals surface area contributed by atoms with Crippen LogP contribution >= 0.6 is 11.3 Å². The van der Waals surface area contributed by atoms with Gasteiger partial charge in [-0.2, -0.15) is 0 Å². The third-order valence-electron chi connectivity index (χ3n) is 4.79. The minimum Gasteiger partial charge on any atom is -0.324 e. The molecule has 6 heteroatoms. The normalized spacial score (nSPS) is 16.7. The standard InChI is InChI=1S/C21H19NO3S2/c1-13-5-3-7-15(9-13)17-11-19(23)22-20-18(12-26-21(17)20)27(24,25)16-8-4-6-14(2)10-16/h3-10,12,17H,11H2,1-2H3,(H,22,23)/t17-/m0/s1. The quantitative estimate of drug-likeness (QED) is 0.698. The van der Waals surface area contributed by atoms with Crippen LogP contribution in [0.3, 0.4) is 0 Å². The average Bonchev–Trinajstić information content (AvgIpc) is 3.05. The summed E-state index contributed by atoms with van der Waals surface area (Å²) in [5.74, 6) is -0.284. The van der Waals surface area contributed by atoms with Gasteiger partial charge in [0.1, 0.15) is 4.90 Å². The first kappa shape index (κ1) is 17.9. The highest BCUT2D eigenvalue weighted by molar-refractivity contribution is 7.91. The van der Waals surface area contributed by atoms with Crippen LogP contribution in [0.1, 0.15) is 33.9 Å². The van der Waals surface area contributed by atoms with E-state index in [0.717, 1.165) is 21.6 Å². The number of hydrogen-bond donors (Lipinski definition) is 1. The van der Waals surface area contributed by atoms with E-state index in [1.54, 1.807) is 23.6 Å². The van der Waals surface area contributed by atoms with E-state index >= 15 is 0 Å². The van der Waals surface area contributed by atoms with Crippen LogP contribution in [0.4, 0.5) is 5.69 Å². The van der Waals surface area contributed by atoms with Crippen LogP contribution in [-0.4, -0.2) is 14.3 Å². The number of sulfone groups is 1. The number of benzene rings is 2. The Kier molecular flexibility index (Phi) is 4.40. The van der Waals surface area contributed by atoms with Gasteiger partial charge in [0.15, 0.2) is 0 Å². The highest BCUT2D eigenvalue weighted by Crippen LogP contribution is 2.45. The Morgan fingerprint density at radius 1 is 1.04 bits per heavy atom. The Bertz CT molecular complexity index is 1150. The first-order chi connectivity index (χ1) is 12.9. The Morgan fingerprint density at radius 2 is 1.74 bits per heavy atom. The minimum absolute atomic E-state index is 0.125. The summed E-state index contributed by atoms with van der Waals surface area (Å²) in [4.78, 5) is 13.7. The topological polar surface area (TPSA) is 63.2 Å². The Labute approximate surface area is 162 Å². The molecule has 0 aliphatic carbocycles. The third-order valence-corrected chi connectivity index (χ3v) is 7.81. The molecular formula is C21H19NO3S2. The number of hydrogen-bond acceptors (Lipinski definition) is 4. The van der Waals surface area contributed by atoms with Gasteiger partial charge in [0.05, 0.1) is 10.6 Å². The molecule has 0 saturated heterocycles. The zero-order valence-electron chi connectivity index (χ0n) is 15.0. The number of nitrogens with one attached hydrogen (secondary N) is 1. The molecule has 4 nitrogen and oxygen atoms in total. The van der Waals surface area contributed by atoms with E-state index in [1.165, 1.54) is 11.3 Å². The summed E-state index contributed by atoms with van der Waals surface area (Å²) in [7, 11) is -3.70. The molecule has 0 unspecified atom stereocenters. The van der Waals surface area contributed by atoms with Crippen molar-refractivity contribution in [3.8, 4) is 0 Å². The molecule has 138 valence electrons. The van der Waals surface area contributed by atoms with Gasteiger partial charge in [-0.3, -0.25) is 4.79 Å². The van der Waals surface area contributed by atoms with Gasteiger partial charge in [-0.25, -0.2) is 8.42 Å². The number of anilines is 1. The van der Waals surface area contributed by atoms with E-state index < -0.39 is 9.84 Å². The number of carbonyl (C=O) groups excluding carboxylic acids is 1. The number of thiophene rings is 1. The van der Waals surface area contributed by atoms with Gasteiger partial charge < -0.3 is 5.32 Å². The van der Waals surface area contributed by atoms with Crippen LogP contribution in [0.15, 0.2) is 63.7 Å². The molecule has 0 bridgehead atoms. The molecule has 0 fully saturated rings. The van der Waals surface area contributed by atoms with Gasteiger partial charge in [0.2, 0.25) is 15.7 Å². The van der Waals surface area contributed by atoms with Gasteiger partial charge in [-0.05, 0) is 37.1 Å². The Morgan fingerprint density at radius 3 is 2.44 bits per heavy atom. The molecule has 1 aliphatic rings. The van der Waals surface area contributed by atoms with Crippen LogP contribution in [0.5, 0.6) is 0 Å². The van der Waals surface area contributed by atoms with E-state index in [2.05, 4.69) is 11.4 Å². The lowest BCUT2D eigenvalue weighted by molar-refractivity contribution is -0.116. The van der Waals surface area contributed by atoms with Crippen molar-refractivity contribution in [3.05, 3.63) is 75.5 Å². The van der Waals surface area contributed by atoms with Crippen molar-refractivity contribution in [1.29, 1.82) is 0 Å². The fourth-order valence-electron chi connectivity index (χ4n) is 3.47. The number of carbonyl (C=O) groups is 1. The van der Waals surface area contributed by atoms with E-state index in [9.17, 15) is 13.2 Å². The highest BCUT2D eigenvalue weighted by atomic mass is 32.2. The zero-order chi connectivity index (χ0) is 19.2. The molecule has 0 spiro atoms. The van der Waals surface area contributed by atoms with Crippen molar-refractivity contribution in [2.45, 2.75) is 36.0 Å². The maximum atomic E-state index is 13.2. The van der Waals surface area contributed by atoms with E-state index in [0.29, 0.717) is 12.1 Å². The fourth-order valence-corrected chi connectivity index (χ4v) is 6.48. The van der Waals surface area contributed by atoms with Crippen LogP contribution in [0.2, 0.25) is 0 Å². The Hall–Kier alpha value is -2.44. The summed E-state index contributed by atoms with van der Waals surface area (Å²) in [5.41, 5.74) is 3.46. The summed E-state index contributed by atoms with van der Waals surface area (Å²) in [5, 5.41) is 4.46. The number of rotatable bonds is 3. The average molecular weight is 398 g/mol. The van der Waals surface area contributed by atoms with Gasteiger partial charge >= 0.3 is 0 Å². The van der Waals surface area contributed by atoms with Crippen molar-refractivity contribution in [2.75, 3.05) is 5.32 Å². The third kappa shape index (κ3) is 3.19.